The van der Waals surface area contributed by atoms with Crippen molar-refractivity contribution >= 4 is 29.9 Å². The van der Waals surface area contributed by atoms with Gasteiger partial charge in [-0.15, -0.1) is 24.0 Å². The molecule has 0 atom stereocenters. The molecule has 0 amide bonds. The van der Waals surface area contributed by atoms with E-state index >= 15 is 0 Å². The molecular weight excluding hydrogens is 446 g/mol. The minimum Gasteiger partial charge on any atom is -0.444 e. The second-order valence-electron chi connectivity index (χ2n) is 6.66. The van der Waals surface area contributed by atoms with Gasteiger partial charge in [0.05, 0.1) is 5.69 Å². The Morgan fingerprint density at radius 2 is 1.92 bits per heavy atom. The largest absolute Gasteiger partial charge is 0.444 e. The van der Waals surface area contributed by atoms with Crippen LogP contribution >= 0.6 is 24.0 Å². The molecule has 0 radical (unpaired) electrons. The predicted octanol–water partition coefficient (Wildman–Crippen LogP) is 4.08. The summed E-state index contributed by atoms with van der Waals surface area (Å²) in [6, 6.07) is 6.87. The van der Waals surface area contributed by atoms with E-state index in [0.717, 1.165) is 18.0 Å². The number of oxazole rings is 1. The van der Waals surface area contributed by atoms with Crippen LogP contribution in [0.25, 0.3) is 0 Å². The number of nitrogens with zero attached hydrogens (tertiary/aromatic N) is 2. The first-order chi connectivity index (χ1) is 11.8. The molecule has 0 saturated carbocycles. The number of hydrogen-bond acceptors (Lipinski definition) is 3. The number of aliphatic imine (C=N–C) groups is 1. The predicted molar refractivity (Wildman–Crippen MR) is 114 cm³/mol. The molecule has 2 N–H and O–H groups in total. The SMILES string of the molecule is CCNC(=NCc1nc(C)c(C)o1)NCC(C)(C)c1ccccc1F.I. The number of aromatic nitrogens is 1. The van der Waals surface area contributed by atoms with Crippen LogP contribution in [0.2, 0.25) is 0 Å². The summed E-state index contributed by atoms with van der Waals surface area (Å²) in [5.41, 5.74) is 1.18. The molecule has 1 aromatic carbocycles. The third-order valence-electron chi connectivity index (χ3n) is 4.09. The van der Waals surface area contributed by atoms with Gasteiger partial charge in [-0.25, -0.2) is 14.4 Å². The summed E-state index contributed by atoms with van der Waals surface area (Å²) in [6.45, 7) is 11.4. The van der Waals surface area contributed by atoms with Gasteiger partial charge in [-0.1, -0.05) is 32.0 Å². The van der Waals surface area contributed by atoms with E-state index in [2.05, 4.69) is 20.6 Å². The zero-order chi connectivity index (χ0) is 18.4. The summed E-state index contributed by atoms with van der Waals surface area (Å²) in [6.07, 6.45) is 0. The lowest BCUT2D eigenvalue weighted by atomic mass is 9.84. The van der Waals surface area contributed by atoms with Gasteiger partial charge in [0.1, 0.15) is 18.1 Å². The van der Waals surface area contributed by atoms with Gasteiger partial charge in [-0.3, -0.25) is 0 Å². The van der Waals surface area contributed by atoms with Crippen LogP contribution in [-0.4, -0.2) is 24.0 Å². The van der Waals surface area contributed by atoms with Crippen molar-refractivity contribution in [2.24, 2.45) is 4.99 Å². The topological polar surface area (TPSA) is 62.5 Å². The van der Waals surface area contributed by atoms with Crippen LogP contribution in [0, 0.1) is 19.7 Å². The van der Waals surface area contributed by atoms with Crippen LogP contribution in [-0.2, 0) is 12.0 Å². The molecule has 0 aliphatic carbocycles. The van der Waals surface area contributed by atoms with Gasteiger partial charge in [-0.2, -0.15) is 0 Å². The Kier molecular flexibility index (Phi) is 8.52. The lowest BCUT2D eigenvalue weighted by Gasteiger charge is -2.27. The molecule has 1 heterocycles. The Labute approximate surface area is 171 Å². The highest BCUT2D eigenvalue weighted by Gasteiger charge is 2.24. The molecule has 7 heteroatoms. The Bertz CT molecular complexity index is 723. The lowest BCUT2D eigenvalue weighted by Crippen LogP contribution is -2.43. The average Bonchev–Trinajstić information content (AvgIpc) is 2.88. The van der Waals surface area contributed by atoms with Gasteiger partial charge in [0.2, 0.25) is 5.89 Å². The minimum atomic E-state index is -0.377. The molecular formula is C19H28FIN4O. The molecule has 5 nitrogen and oxygen atoms in total. The molecule has 26 heavy (non-hydrogen) atoms. The molecule has 0 bridgehead atoms. The maximum Gasteiger partial charge on any atom is 0.216 e. The van der Waals surface area contributed by atoms with E-state index in [9.17, 15) is 4.39 Å². The smallest absolute Gasteiger partial charge is 0.216 e. The standard InChI is InChI=1S/C19H27FN4O.HI/c1-6-21-18(22-11-17-24-13(2)14(3)25-17)23-12-19(4,5)15-9-7-8-10-16(15)20;/h7-10H,6,11-12H2,1-5H3,(H2,21,22,23);1H. The first kappa shape index (κ1) is 22.4. The quantitative estimate of drug-likeness (QED) is 0.376. The van der Waals surface area contributed by atoms with Crippen LogP contribution in [0.5, 0.6) is 0 Å². The summed E-state index contributed by atoms with van der Waals surface area (Å²) in [7, 11) is 0. The Balaban J connectivity index is 0.00000338. The number of hydrogen-bond donors (Lipinski definition) is 2. The minimum absolute atomic E-state index is 0. The fraction of sp³-hybridized carbons (Fsp3) is 0.474. The third kappa shape index (κ3) is 5.96. The molecule has 0 saturated heterocycles. The summed E-state index contributed by atoms with van der Waals surface area (Å²) in [4.78, 5) is 8.83. The van der Waals surface area contributed by atoms with Gasteiger partial charge < -0.3 is 15.1 Å². The summed E-state index contributed by atoms with van der Waals surface area (Å²) in [5, 5.41) is 6.47. The molecule has 1 aromatic heterocycles. The van der Waals surface area contributed by atoms with Crippen molar-refractivity contribution in [3.05, 3.63) is 53.0 Å². The van der Waals surface area contributed by atoms with Gasteiger partial charge in [0.15, 0.2) is 5.96 Å². The first-order valence-corrected chi connectivity index (χ1v) is 8.53. The van der Waals surface area contributed by atoms with E-state index < -0.39 is 0 Å². The van der Waals surface area contributed by atoms with Crippen molar-refractivity contribution in [1.82, 2.24) is 15.6 Å². The van der Waals surface area contributed by atoms with E-state index in [1.54, 1.807) is 6.07 Å². The van der Waals surface area contributed by atoms with E-state index in [-0.39, 0.29) is 35.2 Å². The summed E-state index contributed by atoms with van der Waals surface area (Å²) < 4.78 is 19.6. The summed E-state index contributed by atoms with van der Waals surface area (Å²) in [5.74, 6) is 1.85. The zero-order valence-corrected chi connectivity index (χ0v) is 18.3. The molecule has 0 fully saturated rings. The molecule has 2 aromatic rings. The Morgan fingerprint density at radius 1 is 1.23 bits per heavy atom. The normalized spacial score (nSPS) is 11.8. The second kappa shape index (κ2) is 9.89. The van der Waals surface area contributed by atoms with Gasteiger partial charge in [-0.05, 0) is 32.4 Å². The second-order valence-corrected chi connectivity index (χ2v) is 6.66. The van der Waals surface area contributed by atoms with Gasteiger partial charge in [0, 0.05) is 18.5 Å². The van der Waals surface area contributed by atoms with Crippen molar-refractivity contribution in [2.75, 3.05) is 13.1 Å². The molecule has 144 valence electrons. The Morgan fingerprint density at radius 3 is 2.50 bits per heavy atom. The van der Waals surface area contributed by atoms with Crippen molar-refractivity contribution in [3.63, 3.8) is 0 Å². The van der Waals surface area contributed by atoms with Crippen LogP contribution in [0.3, 0.4) is 0 Å². The molecule has 0 aliphatic heterocycles. The van der Waals surface area contributed by atoms with E-state index in [1.807, 2.05) is 46.8 Å². The van der Waals surface area contributed by atoms with Crippen LogP contribution in [0.1, 0.15) is 43.7 Å². The van der Waals surface area contributed by atoms with Crippen LogP contribution in [0.4, 0.5) is 4.39 Å². The van der Waals surface area contributed by atoms with Crippen LogP contribution in [0.15, 0.2) is 33.7 Å². The van der Waals surface area contributed by atoms with Crippen LogP contribution < -0.4 is 10.6 Å². The fourth-order valence-corrected chi connectivity index (χ4v) is 2.51. The van der Waals surface area contributed by atoms with Gasteiger partial charge >= 0.3 is 0 Å². The lowest BCUT2D eigenvalue weighted by molar-refractivity contribution is 0.467. The molecule has 0 spiro atoms. The first-order valence-electron chi connectivity index (χ1n) is 8.53. The van der Waals surface area contributed by atoms with E-state index in [0.29, 0.717) is 30.5 Å². The zero-order valence-electron chi connectivity index (χ0n) is 16.0. The maximum atomic E-state index is 14.1. The number of benzene rings is 1. The molecule has 2 rings (SSSR count). The summed E-state index contributed by atoms with van der Waals surface area (Å²) >= 11 is 0. The number of guanidine groups is 1. The number of halogens is 2. The number of aryl methyl sites for hydroxylation is 2. The van der Waals surface area contributed by atoms with Crippen molar-refractivity contribution < 1.29 is 8.81 Å². The molecule has 0 aliphatic rings. The highest BCUT2D eigenvalue weighted by atomic mass is 127. The van der Waals surface area contributed by atoms with Crippen molar-refractivity contribution in [1.29, 1.82) is 0 Å². The average molecular weight is 474 g/mol. The highest BCUT2D eigenvalue weighted by Crippen LogP contribution is 2.24. The Hall–Kier alpha value is -1.64. The van der Waals surface area contributed by atoms with E-state index in [4.69, 9.17) is 4.42 Å². The van der Waals surface area contributed by atoms with Gasteiger partial charge in [0.25, 0.3) is 0 Å². The number of nitrogens with one attached hydrogen (secondary N) is 2. The fourth-order valence-electron chi connectivity index (χ4n) is 2.51. The van der Waals surface area contributed by atoms with E-state index in [1.165, 1.54) is 6.07 Å². The number of rotatable bonds is 6. The monoisotopic (exact) mass is 474 g/mol. The van der Waals surface area contributed by atoms with Crippen molar-refractivity contribution in [2.45, 2.75) is 46.6 Å². The highest BCUT2D eigenvalue weighted by molar-refractivity contribution is 14.0. The third-order valence-corrected chi connectivity index (χ3v) is 4.09. The maximum absolute atomic E-state index is 14.1. The van der Waals surface area contributed by atoms with Crippen molar-refractivity contribution in [3.8, 4) is 0 Å². The molecule has 0 unspecified atom stereocenters.